The molecular formula is C18H32N4S. The highest BCUT2D eigenvalue weighted by Crippen LogP contribution is 2.32. The van der Waals surface area contributed by atoms with Crippen molar-refractivity contribution >= 4 is 16.5 Å². The van der Waals surface area contributed by atoms with Gasteiger partial charge in [-0.05, 0) is 50.6 Å². The Bertz CT molecular complexity index is 499. The minimum absolute atomic E-state index is 0.107. The lowest BCUT2D eigenvalue weighted by Crippen LogP contribution is -2.43. The van der Waals surface area contributed by atoms with Crippen LogP contribution in [0.3, 0.4) is 0 Å². The monoisotopic (exact) mass is 336 g/mol. The fraction of sp³-hybridized carbons (Fsp3) is 0.889. The van der Waals surface area contributed by atoms with E-state index in [2.05, 4.69) is 47.7 Å². The third kappa shape index (κ3) is 4.44. The van der Waals surface area contributed by atoms with E-state index in [9.17, 15) is 0 Å². The van der Waals surface area contributed by atoms with Crippen molar-refractivity contribution in [2.24, 2.45) is 11.8 Å². The maximum Gasteiger partial charge on any atom is 0.208 e. The summed E-state index contributed by atoms with van der Waals surface area (Å²) in [4.78, 5) is 5.17. The first-order valence-electron chi connectivity index (χ1n) is 9.23. The first-order valence-corrected chi connectivity index (χ1v) is 10.0. The Kier molecular flexibility index (Phi) is 5.26. The van der Waals surface area contributed by atoms with E-state index in [0.29, 0.717) is 0 Å². The van der Waals surface area contributed by atoms with Crippen LogP contribution < -0.4 is 4.90 Å². The Morgan fingerprint density at radius 1 is 1.09 bits per heavy atom. The number of hydrogen-bond acceptors (Lipinski definition) is 5. The molecule has 1 unspecified atom stereocenters. The number of likely N-dealkylation sites (tertiary alicyclic amines) is 1. The van der Waals surface area contributed by atoms with Crippen molar-refractivity contribution in [1.29, 1.82) is 0 Å². The van der Waals surface area contributed by atoms with Gasteiger partial charge >= 0.3 is 0 Å². The normalized spacial score (nSPS) is 25.0. The zero-order chi connectivity index (χ0) is 16.4. The predicted octanol–water partition coefficient (Wildman–Crippen LogP) is 3.78. The lowest BCUT2D eigenvalue weighted by atomic mass is 9.94. The number of aromatic nitrogens is 2. The van der Waals surface area contributed by atoms with E-state index < -0.39 is 0 Å². The average Bonchev–Trinajstić information content (AvgIpc) is 3.00. The van der Waals surface area contributed by atoms with Crippen LogP contribution in [0.15, 0.2) is 0 Å². The average molecular weight is 337 g/mol. The molecule has 2 aliphatic heterocycles. The molecule has 4 nitrogen and oxygen atoms in total. The second-order valence-corrected chi connectivity index (χ2v) is 9.53. The van der Waals surface area contributed by atoms with Gasteiger partial charge in [0.05, 0.1) is 0 Å². The molecule has 0 spiro atoms. The van der Waals surface area contributed by atoms with Gasteiger partial charge in [-0.3, -0.25) is 0 Å². The number of anilines is 1. The highest BCUT2D eigenvalue weighted by molar-refractivity contribution is 7.15. The zero-order valence-electron chi connectivity index (χ0n) is 15.2. The molecule has 2 fully saturated rings. The fourth-order valence-electron chi connectivity index (χ4n) is 3.64. The fourth-order valence-corrected chi connectivity index (χ4v) is 4.58. The van der Waals surface area contributed by atoms with Gasteiger partial charge in [-0.2, -0.15) is 0 Å². The predicted molar refractivity (Wildman–Crippen MR) is 98.4 cm³/mol. The van der Waals surface area contributed by atoms with Gasteiger partial charge in [0.25, 0.3) is 0 Å². The molecule has 0 saturated carbocycles. The number of piperidine rings is 2. The van der Waals surface area contributed by atoms with Gasteiger partial charge in [0.1, 0.15) is 5.01 Å². The maximum absolute atomic E-state index is 4.48. The molecule has 1 aromatic heterocycles. The summed E-state index contributed by atoms with van der Waals surface area (Å²) in [5.74, 6) is 1.71. The summed E-state index contributed by atoms with van der Waals surface area (Å²) in [7, 11) is 0. The molecule has 0 N–H and O–H groups in total. The molecule has 2 aliphatic rings. The number of rotatable bonds is 3. The lowest BCUT2D eigenvalue weighted by Gasteiger charge is -2.37. The van der Waals surface area contributed by atoms with Gasteiger partial charge in [0.15, 0.2) is 0 Å². The van der Waals surface area contributed by atoms with E-state index in [-0.39, 0.29) is 5.41 Å². The summed E-state index contributed by atoms with van der Waals surface area (Å²) in [6.45, 7) is 15.2. The minimum Gasteiger partial charge on any atom is -0.346 e. The first-order chi connectivity index (χ1) is 10.9. The lowest BCUT2D eigenvalue weighted by molar-refractivity contribution is 0.159. The third-order valence-electron chi connectivity index (χ3n) is 5.24. The molecular weight excluding hydrogens is 304 g/mol. The Labute approximate surface area is 145 Å². The molecule has 2 saturated heterocycles. The van der Waals surface area contributed by atoms with Crippen LogP contribution in [-0.2, 0) is 5.41 Å². The van der Waals surface area contributed by atoms with Crippen LogP contribution in [0.25, 0.3) is 0 Å². The molecule has 23 heavy (non-hydrogen) atoms. The van der Waals surface area contributed by atoms with Gasteiger partial charge in [-0.15, -0.1) is 10.2 Å². The van der Waals surface area contributed by atoms with E-state index in [1.54, 1.807) is 11.3 Å². The summed E-state index contributed by atoms with van der Waals surface area (Å²) >= 11 is 1.78. The van der Waals surface area contributed by atoms with Crippen LogP contribution in [0.2, 0.25) is 0 Å². The van der Waals surface area contributed by atoms with Crippen LogP contribution in [0.5, 0.6) is 0 Å². The van der Waals surface area contributed by atoms with Gasteiger partial charge < -0.3 is 9.80 Å². The van der Waals surface area contributed by atoms with E-state index >= 15 is 0 Å². The Morgan fingerprint density at radius 2 is 1.83 bits per heavy atom. The van der Waals surface area contributed by atoms with Crippen LogP contribution in [0, 0.1) is 11.8 Å². The summed E-state index contributed by atoms with van der Waals surface area (Å²) < 4.78 is 0. The minimum atomic E-state index is 0.107. The second-order valence-electron chi connectivity index (χ2n) is 8.58. The molecule has 0 bridgehead atoms. The topological polar surface area (TPSA) is 32.3 Å². The van der Waals surface area contributed by atoms with Crippen LogP contribution in [0.1, 0.15) is 58.4 Å². The summed E-state index contributed by atoms with van der Waals surface area (Å²) in [6.07, 6.45) is 5.41. The first kappa shape index (κ1) is 17.2. The van der Waals surface area contributed by atoms with Crippen molar-refractivity contribution < 1.29 is 0 Å². The summed E-state index contributed by atoms with van der Waals surface area (Å²) in [5, 5.41) is 11.2. The molecule has 0 aliphatic carbocycles. The van der Waals surface area contributed by atoms with Crippen molar-refractivity contribution in [3.63, 3.8) is 0 Å². The quantitative estimate of drug-likeness (QED) is 0.841. The molecule has 0 radical (unpaired) electrons. The van der Waals surface area contributed by atoms with Crippen LogP contribution >= 0.6 is 11.3 Å². The standard InChI is InChI=1S/C18H32N4S/c1-14-7-10-21(11-8-14)12-15-6-5-9-22(13-15)17-20-19-16(23-17)18(2,3)4/h14-15H,5-13H2,1-4H3. The second kappa shape index (κ2) is 7.06. The van der Waals surface area contributed by atoms with Crippen molar-refractivity contribution in [2.45, 2.75) is 58.8 Å². The molecule has 1 aromatic rings. The molecule has 3 rings (SSSR count). The third-order valence-corrected chi connectivity index (χ3v) is 6.65. The van der Waals surface area contributed by atoms with Gasteiger partial charge in [0, 0.05) is 25.0 Å². The molecule has 3 heterocycles. The summed E-state index contributed by atoms with van der Waals surface area (Å²) in [6, 6.07) is 0. The van der Waals surface area contributed by atoms with Gasteiger partial charge in [0.2, 0.25) is 5.13 Å². The zero-order valence-corrected chi connectivity index (χ0v) is 16.0. The highest BCUT2D eigenvalue weighted by atomic mass is 32.1. The Hall–Kier alpha value is -0.680. The molecule has 0 amide bonds. The van der Waals surface area contributed by atoms with Gasteiger partial charge in [-0.1, -0.05) is 39.0 Å². The highest BCUT2D eigenvalue weighted by Gasteiger charge is 2.27. The summed E-state index contributed by atoms with van der Waals surface area (Å²) in [5.41, 5.74) is 0.107. The maximum atomic E-state index is 4.48. The Morgan fingerprint density at radius 3 is 2.48 bits per heavy atom. The van der Waals surface area contributed by atoms with Crippen LogP contribution in [-0.4, -0.2) is 47.8 Å². The smallest absolute Gasteiger partial charge is 0.208 e. The number of hydrogen-bond donors (Lipinski definition) is 0. The van der Waals surface area contributed by atoms with Crippen molar-refractivity contribution in [3.8, 4) is 0 Å². The van der Waals surface area contributed by atoms with Crippen molar-refractivity contribution in [2.75, 3.05) is 37.6 Å². The Balaban J connectivity index is 1.56. The number of nitrogens with zero attached hydrogens (tertiary/aromatic N) is 4. The molecule has 1 atom stereocenters. The van der Waals surface area contributed by atoms with E-state index in [4.69, 9.17) is 0 Å². The van der Waals surface area contributed by atoms with Crippen molar-refractivity contribution in [1.82, 2.24) is 15.1 Å². The van der Waals surface area contributed by atoms with E-state index in [0.717, 1.165) is 35.1 Å². The molecule has 130 valence electrons. The van der Waals surface area contributed by atoms with Crippen LogP contribution in [0.4, 0.5) is 5.13 Å². The van der Waals surface area contributed by atoms with Crippen molar-refractivity contribution in [3.05, 3.63) is 5.01 Å². The largest absolute Gasteiger partial charge is 0.346 e. The van der Waals surface area contributed by atoms with E-state index in [1.807, 2.05) is 0 Å². The SMILES string of the molecule is CC1CCN(CC2CCCN(c3nnc(C(C)(C)C)s3)C2)CC1. The van der Waals surface area contributed by atoms with Gasteiger partial charge in [-0.25, -0.2) is 0 Å². The van der Waals surface area contributed by atoms with E-state index in [1.165, 1.54) is 45.3 Å². The molecule has 5 heteroatoms. The molecule has 0 aromatic carbocycles.